The smallest absolute Gasteiger partial charge is 0.431 e. The minimum Gasteiger partial charge on any atom is -0.431 e. The van der Waals surface area contributed by atoms with Crippen molar-refractivity contribution in [1.29, 1.82) is 0 Å². The molecule has 0 aliphatic rings. The highest BCUT2D eigenvalue weighted by Gasteiger charge is 2.18. The molecule has 2 aromatic rings. The van der Waals surface area contributed by atoms with Gasteiger partial charge in [-0.3, -0.25) is 4.97 Å². The Labute approximate surface area is 153 Å². The highest BCUT2D eigenvalue weighted by Crippen LogP contribution is 2.29. The Balaban J connectivity index is 2.26. The molecular formula is C15H18B3BrN2O3. The van der Waals surface area contributed by atoms with E-state index in [9.17, 15) is 5.02 Å². The Hall–Kier alpha value is -1.41. The maximum Gasteiger partial charge on any atom is 0.433 e. The van der Waals surface area contributed by atoms with Gasteiger partial charge in [-0.25, -0.2) is 5.06 Å². The van der Waals surface area contributed by atoms with E-state index in [1.54, 1.807) is 26.2 Å². The summed E-state index contributed by atoms with van der Waals surface area (Å²) in [6.45, 7) is 5.21. The normalized spacial score (nSPS) is 10.2. The third-order valence-electron chi connectivity index (χ3n) is 3.17. The summed E-state index contributed by atoms with van der Waals surface area (Å²) in [5.74, 6) is 0. The zero-order valence-corrected chi connectivity index (χ0v) is 15.5. The van der Waals surface area contributed by atoms with E-state index in [0.717, 1.165) is 21.5 Å². The van der Waals surface area contributed by atoms with Gasteiger partial charge in [0.1, 0.15) is 0 Å². The monoisotopic (exact) mass is 386 g/mol. The molecule has 2 rings (SSSR count). The van der Waals surface area contributed by atoms with Crippen molar-refractivity contribution < 1.29 is 14.5 Å². The Bertz CT molecular complexity index is 629. The predicted octanol–water partition coefficient (Wildman–Crippen LogP) is 3.70. The summed E-state index contributed by atoms with van der Waals surface area (Å²) in [4.78, 5) is 1.42. The summed E-state index contributed by atoms with van der Waals surface area (Å²) in [7, 11) is 2.37. The van der Waals surface area contributed by atoms with E-state index in [-0.39, 0.29) is 0 Å². The summed E-state index contributed by atoms with van der Waals surface area (Å²) in [5.41, 5.74) is 2.49. The molecule has 0 saturated carbocycles. The molecule has 0 spiro atoms. The lowest BCUT2D eigenvalue weighted by Gasteiger charge is -2.27. The molecule has 0 fully saturated rings. The Morgan fingerprint density at radius 3 is 1.79 bits per heavy atom. The molecule has 0 heterocycles. The fraction of sp³-hybridized carbons (Fsp3) is 0.200. The van der Waals surface area contributed by atoms with Crippen LogP contribution in [0.1, 0.15) is 0 Å². The number of rotatable bonds is 8. The Morgan fingerprint density at radius 2 is 1.33 bits per heavy atom. The first kappa shape index (κ1) is 18.9. The molecule has 9 heteroatoms. The van der Waals surface area contributed by atoms with Crippen molar-refractivity contribution in [2.75, 3.05) is 10.0 Å². The highest BCUT2D eigenvalue weighted by atomic mass is 79.9. The van der Waals surface area contributed by atoms with Crippen molar-refractivity contribution in [1.82, 2.24) is 0 Å². The molecule has 0 saturated heterocycles. The van der Waals surface area contributed by atoms with Crippen molar-refractivity contribution in [2.24, 2.45) is 0 Å². The minimum atomic E-state index is -0.769. The molecule has 0 atom stereocenters. The Kier molecular flexibility index (Phi) is 7.24. The summed E-state index contributed by atoms with van der Waals surface area (Å²) < 4.78 is 12.0. The molecular weight excluding hydrogens is 369 g/mol. The first-order valence-corrected chi connectivity index (χ1v) is 8.38. The van der Waals surface area contributed by atoms with Gasteiger partial charge in [0.05, 0.1) is 17.1 Å². The zero-order chi connectivity index (χ0) is 17.5. The minimum absolute atomic E-state index is 0.739. The van der Waals surface area contributed by atoms with Gasteiger partial charge in [0, 0.05) is 4.47 Å². The summed E-state index contributed by atoms with van der Waals surface area (Å²) >= 11 is 3.43. The average Bonchev–Trinajstić information content (AvgIpc) is 2.58. The van der Waals surface area contributed by atoms with Crippen LogP contribution in [0.4, 0.5) is 17.1 Å². The molecule has 0 unspecified atom stereocenters. The van der Waals surface area contributed by atoms with Gasteiger partial charge in [0.25, 0.3) is 0 Å². The van der Waals surface area contributed by atoms with E-state index in [1.165, 1.54) is 12.5 Å². The number of hydrogen-bond donors (Lipinski definition) is 1. The van der Waals surface area contributed by atoms with Gasteiger partial charge in [-0.1, -0.05) is 29.6 Å². The van der Waals surface area contributed by atoms with Gasteiger partial charge in [-0.15, -0.1) is 0 Å². The van der Waals surface area contributed by atoms with Crippen LogP contribution in [0.2, 0.25) is 20.5 Å². The molecule has 122 valence electrons. The first-order chi connectivity index (χ1) is 11.6. The van der Waals surface area contributed by atoms with Crippen LogP contribution >= 0.6 is 15.9 Å². The summed E-state index contributed by atoms with van der Waals surface area (Å²) in [5, 5.41) is 11.5. The lowest BCUT2D eigenvalue weighted by atomic mass is 9.87. The van der Waals surface area contributed by atoms with Crippen LogP contribution in [0.15, 0.2) is 53.0 Å². The van der Waals surface area contributed by atoms with E-state index in [0.29, 0.717) is 0 Å². The average molecular weight is 387 g/mol. The second-order valence-electron chi connectivity index (χ2n) is 4.93. The Morgan fingerprint density at radius 1 is 0.875 bits per heavy atom. The van der Waals surface area contributed by atoms with Gasteiger partial charge in [-0.05, 0) is 55.4 Å². The van der Waals surface area contributed by atoms with Crippen molar-refractivity contribution >= 4 is 55.0 Å². The van der Waals surface area contributed by atoms with E-state index in [1.807, 2.05) is 55.4 Å². The largest absolute Gasteiger partial charge is 0.433 e. The van der Waals surface area contributed by atoms with E-state index >= 15 is 0 Å². The van der Waals surface area contributed by atoms with Crippen molar-refractivity contribution in [3.05, 3.63) is 53.0 Å². The number of hydrogen-bond acceptors (Lipinski definition) is 5. The highest BCUT2D eigenvalue weighted by molar-refractivity contribution is 9.10. The van der Waals surface area contributed by atoms with Gasteiger partial charge < -0.3 is 14.5 Å². The summed E-state index contributed by atoms with van der Waals surface area (Å²) in [6, 6.07) is 15.3. The lowest BCUT2D eigenvalue weighted by Crippen LogP contribution is -2.37. The first-order valence-electron chi connectivity index (χ1n) is 7.59. The van der Waals surface area contributed by atoms with E-state index < -0.39 is 7.05 Å². The molecule has 0 bridgehead atoms. The van der Waals surface area contributed by atoms with Crippen LogP contribution in [-0.2, 0) is 9.51 Å². The van der Waals surface area contributed by atoms with Crippen molar-refractivity contribution in [2.45, 2.75) is 20.5 Å². The molecule has 1 N–H and O–H groups in total. The second kappa shape index (κ2) is 9.18. The van der Waals surface area contributed by atoms with E-state index in [2.05, 4.69) is 15.9 Å². The zero-order valence-electron chi connectivity index (χ0n) is 13.9. The van der Waals surface area contributed by atoms with E-state index in [4.69, 9.17) is 9.51 Å². The second-order valence-corrected chi connectivity index (χ2v) is 5.84. The maximum atomic E-state index is 9.80. The number of halogens is 1. The fourth-order valence-corrected chi connectivity index (χ4v) is 2.43. The quantitative estimate of drug-likeness (QED) is 0.553. The van der Waals surface area contributed by atoms with Crippen LogP contribution in [0.3, 0.4) is 0 Å². The SMILES string of the molecule is C[B]ON(B(C)O)c1ccc(N(O[B]C)c2ccc(Br)cc2)cc1. The van der Waals surface area contributed by atoms with Gasteiger partial charge in [-0.2, -0.15) is 0 Å². The van der Waals surface area contributed by atoms with Crippen LogP contribution < -0.4 is 10.0 Å². The predicted molar refractivity (Wildman–Crippen MR) is 104 cm³/mol. The van der Waals surface area contributed by atoms with Crippen LogP contribution in [0.25, 0.3) is 0 Å². The van der Waals surface area contributed by atoms with Crippen LogP contribution in [0.5, 0.6) is 0 Å². The molecule has 0 aromatic heterocycles. The van der Waals surface area contributed by atoms with Crippen molar-refractivity contribution in [3.8, 4) is 0 Å². The van der Waals surface area contributed by atoms with Gasteiger partial charge in [0.2, 0.25) is 0 Å². The molecule has 24 heavy (non-hydrogen) atoms. The van der Waals surface area contributed by atoms with Gasteiger partial charge >= 0.3 is 22.0 Å². The number of benzene rings is 2. The maximum absolute atomic E-state index is 9.80. The lowest BCUT2D eigenvalue weighted by molar-refractivity contribution is 0.338. The topological polar surface area (TPSA) is 45.2 Å². The fourth-order valence-electron chi connectivity index (χ4n) is 2.17. The van der Waals surface area contributed by atoms with Gasteiger partial charge in [0.15, 0.2) is 0 Å². The molecule has 2 radical (unpaired) electrons. The van der Waals surface area contributed by atoms with Crippen LogP contribution in [-0.4, -0.2) is 27.0 Å². The molecule has 0 aliphatic carbocycles. The summed E-state index contributed by atoms with van der Waals surface area (Å²) in [6.07, 6.45) is 0. The number of anilines is 3. The molecule has 0 amide bonds. The molecule has 5 nitrogen and oxygen atoms in total. The van der Waals surface area contributed by atoms with Crippen LogP contribution in [0, 0.1) is 0 Å². The molecule has 2 aromatic carbocycles. The third kappa shape index (κ3) is 4.80. The third-order valence-corrected chi connectivity index (χ3v) is 3.70. The molecule has 0 aliphatic heterocycles. The number of nitrogens with zero attached hydrogens (tertiary/aromatic N) is 2. The van der Waals surface area contributed by atoms with Crippen molar-refractivity contribution in [3.63, 3.8) is 0 Å². The standard InChI is InChI=1S/C15H18B3BrN2O3/c1-16-23-20(13-6-4-12(19)5-7-13)14-8-10-15(11-9-14)21(18(3)22)24-17-2/h4-11,22H,1-3H3.